The van der Waals surface area contributed by atoms with Crippen LogP contribution in [-0.2, 0) is 19.4 Å². The zero-order valence-corrected chi connectivity index (χ0v) is 16.9. The van der Waals surface area contributed by atoms with Crippen LogP contribution in [0.2, 0.25) is 0 Å². The van der Waals surface area contributed by atoms with E-state index >= 15 is 0 Å². The Morgan fingerprint density at radius 3 is 2.85 bits per heavy atom. The molecule has 0 amide bonds. The molecular weight excluding hydrogens is 344 g/mol. The molecule has 0 radical (unpaired) electrons. The minimum Gasteiger partial charge on any atom is -0.356 e. The summed E-state index contributed by atoms with van der Waals surface area (Å²) in [4.78, 5) is 6.13. The molecule has 0 atom stereocenters. The molecule has 2 rings (SSSR count). The molecule has 0 fully saturated rings. The molecule has 144 valence electrons. The number of nitrogens with one attached hydrogen (secondary N) is 2. The normalized spacial score (nSPS) is 11.7. The van der Waals surface area contributed by atoms with Gasteiger partial charge >= 0.3 is 0 Å². The number of thiophene rings is 1. The third-order valence-electron chi connectivity index (χ3n) is 4.18. The van der Waals surface area contributed by atoms with Gasteiger partial charge < -0.3 is 15.2 Å². The molecule has 2 aromatic heterocycles. The fourth-order valence-electron chi connectivity index (χ4n) is 2.70. The van der Waals surface area contributed by atoms with Gasteiger partial charge in [-0.3, -0.25) is 4.99 Å². The molecule has 0 aromatic carbocycles. The van der Waals surface area contributed by atoms with E-state index in [-0.39, 0.29) is 0 Å². The summed E-state index contributed by atoms with van der Waals surface area (Å²) in [5.74, 6) is 1.93. The van der Waals surface area contributed by atoms with Crippen LogP contribution < -0.4 is 10.6 Å². The lowest BCUT2D eigenvalue weighted by molar-refractivity contribution is 0.628. The Kier molecular flexibility index (Phi) is 9.79. The van der Waals surface area contributed by atoms with Gasteiger partial charge in [0.1, 0.15) is 12.2 Å². The lowest BCUT2D eigenvalue weighted by Gasteiger charge is -2.13. The molecule has 2 heterocycles. The number of guanidine groups is 1. The van der Waals surface area contributed by atoms with Crippen molar-refractivity contribution in [3.05, 3.63) is 34.5 Å². The standard InChI is InChI=1S/C19H32N6S/c1-3-5-6-7-11-20-19(21-12-10-17-9-8-15-26-17)22-13-14-25-16-23-24-18(25)4-2/h8-9,15-16H,3-7,10-14H2,1-2H3,(H2,20,21,22). The van der Waals surface area contributed by atoms with Crippen LogP contribution in [0.25, 0.3) is 0 Å². The van der Waals surface area contributed by atoms with Crippen molar-refractivity contribution in [1.82, 2.24) is 25.4 Å². The Balaban J connectivity index is 1.77. The minimum absolute atomic E-state index is 0.810. The van der Waals surface area contributed by atoms with Crippen LogP contribution in [0, 0.1) is 0 Å². The van der Waals surface area contributed by atoms with Gasteiger partial charge in [0, 0.05) is 37.5 Å². The maximum absolute atomic E-state index is 4.73. The van der Waals surface area contributed by atoms with Crippen molar-refractivity contribution in [1.29, 1.82) is 0 Å². The summed E-state index contributed by atoms with van der Waals surface area (Å²) in [7, 11) is 0. The van der Waals surface area contributed by atoms with Crippen molar-refractivity contribution in [3.63, 3.8) is 0 Å². The third-order valence-corrected chi connectivity index (χ3v) is 5.12. The van der Waals surface area contributed by atoms with E-state index in [9.17, 15) is 0 Å². The molecule has 0 saturated heterocycles. The molecule has 0 aliphatic rings. The Labute approximate surface area is 161 Å². The predicted octanol–water partition coefficient (Wildman–Crippen LogP) is 3.26. The third kappa shape index (κ3) is 7.56. The lowest BCUT2D eigenvalue weighted by Crippen LogP contribution is -2.40. The number of hydrogen-bond donors (Lipinski definition) is 2. The Bertz CT molecular complexity index is 620. The number of aliphatic imine (C=N–C) groups is 1. The van der Waals surface area contributed by atoms with E-state index in [0.717, 1.165) is 57.2 Å². The molecule has 0 unspecified atom stereocenters. The molecular formula is C19H32N6S. The van der Waals surface area contributed by atoms with Crippen LogP contribution in [0.4, 0.5) is 0 Å². The van der Waals surface area contributed by atoms with Crippen molar-refractivity contribution < 1.29 is 0 Å². The fourth-order valence-corrected chi connectivity index (χ4v) is 3.41. The van der Waals surface area contributed by atoms with Crippen LogP contribution in [0.15, 0.2) is 28.8 Å². The minimum atomic E-state index is 0.810. The van der Waals surface area contributed by atoms with Gasteiger partial charge in [-0.1, -0.05) is 39.2 Å². The maximum atomic E-state index is 4.73. The highest BCUT2D eigenvalue weighted by Crippen LogP contribution is 2.08. The van der Waals surface area contributed by atoms with Gasteiger partial charge in [-0.2, -0.15) is 0 Å². The van der Waals surface area contributed by atoms with E-state index in [4.69, 9.17) is 4.99 Å². The second-order valence-electron chi connectivity index (χ2n) is 6.27. The zero-order valence-electron chi connectivity index (χ0n) is 16.1. The fraction of sp³-hybridized carbons (Fsp3) is 0.632. The Morgan fingerprint density at radius 2 is 2.08 bits per heavy atom. The molecule has 2 aromatic rings. The second kappa shape index (κ2) is 12.5. The topological polar surface area (TPSA) is 67.1 Å². The number of aryl methyl sites for hydroxylation is 1. The van der Waals surface area contributed by atoms with E-state index < -0.39 is 0 Å². The van der Waals surface area contributed by atoms with Crippen molar-refractivity contribution in [2.24, 2.45) is 4.99 Å². The monoisotopic (exact) mass is 376 g/mol. The number of unbranched alkanes of at least 4 members (excludes halogenated alkanes) is 3. The maximum Gasteiger partial charge on any atom is 0.191 e. The SMILES string of the molecule is CCCCCCN=C(NCCc1cccs1)NCCn1cnnc1CC. The average Bonchev–Trinajstić information content (AvgIpc) is 3.32. The van der Waals surface area contributed by atoms with Crippen molar-refractivity contribution >= 4 is 17.3 Å². The first-order valence-corrected chi connectivity index (χ1v) is 10.6. The van der Waals surface area contributed by atoms with E-state index in [2.05, 4.69) is 56.8 Å². The number of hydrogen-bond acceptors (Lipinski definition) is 4. The Hall–Kier alpha value is -1.89. The van der Waals surface area contributed by atoms with Gasteiger partial charge in [-0.05, 0) is 24.3 Å². The Morgan fingerprint density at radius 1 is 1.19 bits per heavy atom. The zero-order chi connectivity index (χ0) is 18.5. The molecule has 6 nitrogen and oxygen atoms in total. The van der Waals surface area contributed by atoms with Crippen molar-refractivity contribution in [2.45, 2.75) is 58.9 Å². The molecule has 0 bridgehead atoms. The summed E-state index contributed by atoms with van der Waals surface area (Å²) in [6.45, 7) is 7.76. The first-order chi connectivity index (χ1) is 12.8. The summed E-state index contributed by atoms with van der Waals surface area (Å²) in [5, 5.41) is 17.2. The molecule has 7 heteroatoms. The van der Waals surface area contributed by atoms with Crippen LogP contribution in [0.3, 0.4) is 0 Å². The highest BCUT2D eigenvalue weighted by atomic mass is 32.1. The van der Waals surface area contributed by atoms with E-state index in [1.165, 1.54) is 24.1 Å². The van der Waals surface area contributed by atoms with E-state index in [1.54, 1.807) is 17.7 Å². The van der Waals surface area contributed by atoms with Crippen LogP contribution >= 0.6 is 11.3 Å². The quantitative estimate of drug-likeness (QED) is 0.339. The number of aromatic nitrogens is 3. The van der Waals surface area contributed by atoms with Crippen molar-refractivity contribution in [2.75, 3.05) is 19.6 Å². The van der Waals surface area contributed by atoms with Crippen LogP contribution in [0.5, 0.6) is 0 Å². The van der Waals surface area contributed by atoms with Crippen LogP contribution in [0.1, 0.15) is 50.2 Å². The summed E-state index contributed by atoms with van der Waals surface area (Å²) in [5.41, 5.74) is 0. The van der Waals surface area contributed by atoms with Crippen molar-refractivity contribution in [3.8, 4) is 0 Å². The highest BCUT2D eigenvalue weighted by Gasteiger charge is 2.03. The highest BCUT2D eigenvalue weighted by molar-refractivity contribution is 7.09. The van der Waals surface area contributed by atoms with Gasteiger partial charge in [0.2, 0.25) is 0 Å². The lowest BCUT2D eigenvalue weighted by atomic mass is 10.2. The van der Waals surface area contributed by atoms with Crippen LogP contribution in [-0.4, -0.2) is 40.4 Å². The molecule has 26 heavy (non-hydrogen) atoms. The smallest absolute Gasteiger partial charge is 0.191 e. The number of nitrogens with zero attached hydrogens (tertiary/aromatic N) is 4. The van der Waals surface area contributed by atoms with Gasteiger partial charge in [0.05, 0.1) is 0 Å². The molecule has 0 saturated carbocycles. The van der Waals surface area contributed by atoms with E-state index in [0.29, 0.717) is 0 Å². The van der Waals surface area contributed by atoms with Gasteiger partial charge in [0.15, 0.2) is 5.96 Å². The summed E-state index contributed by atoms with van der Waals surface area (Å²) in [6.07, 6.45) is 8.67. The molecule has 2 N–H and O–H groups in total. The molecule has 0 spiro atoms. The summed E-state index contributed by atoms with van der Waals surface area (Å²) >= 11 is 1.80. The van der Waals surface area contributed by atoms with Gasteiger partial charge in [-0.15, -0.1) is 21.5 Å². The van der Waals surface area contributed by atoms with Gasteiger partial charge in [0.25, 0.3) is 0 Å². The number of rotatable bonds is 12. The second-order valence-corrected chi connectivity index (χ2v) is 7.30. The average molecular weight is 377 g/mol. The first kappa shape index (κ1) is 20.4. The molecule has 0 aliphatic carbocycles. The van der Waals surface area contributed by atoms with Gasteiger partial charge in [-0.25, -0.2) is 0 Å². The van der Waals surface area contributed by atoms with E-state index in [1.807, 2.05) is 0 Å². The largest absolute Gasteiger partial charge is 0.356 e. The summed E-state index contributed by atoms with van der Waals surface area (Å²) in [6, 6.07) is 4.28. The predicted molar refractivity (Wildman–Crippen MR) is 110 cm³/mol. The first-order valence-electron chi connectivity index (χ1n) is 9.74. The summed E-state index contributed by atoms with van der Waals surface area (Å²) < 4.78 is 2.09. The molecule has 0 aliphatic heterocycles.